The lowest BCUT2D eigenvalue weighted by Crippen LogP contribution is -2.33. The fraction of sp³-hybridized carbons (Fsp3) is 0.273. The van der Waals surface area contributed by atoms with Crippen LogP contribution in [-0.4, -0.2) is 26.9 Å². The third-order valence-corrected chi connectivity index (χ3v) is 6.62. The van der Waals surface area contributed by atoms with Gasteiger partial charge in [-0.15, -0.1) is 11.3 Å². The second-order valence-electron chi connectivity index (χ2n) is 7.20. The normalized spacial score (nSPS) is 17.2. The van der Waals surface area contributed by atoms with Crippen LogP contribution in [0.3, 0.4) is 0 Å². The molecule has 27 heavy (non-hydrogen) atoms. The average molecular weight is 375 g/mol. The van der Waals surface area contributed by atoms with Gasteiger partial charge in [-0.1, -0.05) is 30.3 Å². The van der Waals surface area contributed by atoms with Crippen LogP contribution in [0.15, 0.2) is 54.6 Å². The van der Waals surface area contributed by atoms with Crippen molar-refractivity contribution >= 4 is 38.4 Å². The minimum absolute atomic E-state index is 0.108. The Balaban J connectivity index is 1.44. The average Bonchev–Trinajstić information content (AvgIpc) is 3.38. The molecule has 1 fully saturated rings. The van der Waals surface area contributed by atoms with Gasteiger partial charge in [0, 0.05) is 17.8 Å². The molecule has 1 atom stereocenters. The minimum atomic E-state index is 0.108. The number of carbonyl (C=O) groups is 1. The minimum Gasteiger partial charge on any atom is -0.335 e. The molecule has 0 N–H and O–H groups in total. The van der Waals surface area contributed by atoms with Crippen LogP contribution >= 0.6 is 11.3 Å². The monoisotopic (exact) mass is 375 g/mol. The van der Waals surface area contributed by atoms with Gasteiger partial charge in [0.2, 0.25) is 5.91 Å². The molecule has 1 saturated heterocycles. The summed E-state index contributed by atoms with van der Waals surface area (Å²) in [6.07, 6.45) is 2.04. The van der Waals surface area contributed by atoms with E-state index in [0.29, 0.717) is 6.54 Å². The second kappa shape index (κ2) is 6.50. The van der Waals surface area contributed by atoms with Crippen molar-refractivity contribution in [1.29, 1.82) is 0 Å². The maximum absolute atomic E-state index is 13.2. The fourth-order valence-corrected chi connectivity index (χ4v) is 5.25. The van der Waals surface area contributed by atoms with Gasteiger partial charge in [0.15, 0.2) is 0 Å². The number of rotatable bonds is 3. The molecule has 0 spiro atoms. The van der Waals surface area contributed by atoms with E-state index in [2.05, 4.69) is 35.8 Å². The lowest BCUT2D eigenvalue weighted by molar-refractivity contribution is -0.132. The van der Waals surface area contributed by atoms with Crippen molar-refractivity contribution in [3.63, 3.8) is 0 Å². The highest BCUT2D eigenvalue weighted by Gasteiger charge is 2.32. The maximum Gasteiger partial charge on any atom is 0.243 e. The van der Waals surface area contributed by atoms with Gasteiger partial charge in [0.05, 0.1) is 16.3 Å². The van der Waals surface area contributed by atoms with E-state index in [4.69, 9.17) is 4.98 Å². The van der Waals surface area contributed by atoms with Crippen LogP contribution in [0.25, 0.3) is 21.1 Å². The first-order valence-electron chi connectivity index (χ1n) is 9.40. The lowest BCUT2D eigenvalue weighted by atomic mass is 10.2. The molecule has 0 saturated carbocycles. The van der Waals surface area contributed by atoms with Crippen molar-refractivity contribution in [2.45, 2.75) is 32.4 Å². The van der Waals surface area contributed by atoms with Gasteiger partial charge in [0.25, 0.3) is 0 Å². The molecule has 4 aromatic rings. The first kappa shape index (κ1) is 16.5. The SMILES string of the molecule is Cc1cc2ccccc2n1CC(=O)N1CCC[C@@H]1c1nc2ccccc2s1. The Hall–Kier alpha value is -2.66. The molecule has 5 rings (SSSR count). The molecule has 4 nitrogen and oxygen atoms in total. The largest absolute Gasteiger partial charge is 0.335 e. The highest BCUT2D eigenvalue weighted by Crippen LogP contribution is 2.36. The number of likely N-dealkylation sites (tertiary alicyclic amines) is 1. The van der Waals surface area contributed by atoms with Crippen molar-refractivity contribution < 1.29 is 4.79 Å². The van der Waals surface area contributed by atoms with E-state index < -0.39 is 0 Å². The molecule has 0 bridgehead atoms. The van der Waals surface area contributed by atoms with Gasteiger partial charge in [-0.3, -0.25) is 4.79 Å². The summed E-state index contributed by atoms with van der Waals surface area (Å²) in [6.45, 7) is 3.28. The van der Waals surface area contributed by atoms with E-state index in [1.807, 2.05) is 35.2 Å². The van der Waals surface area contributed by atoms with Crippen LogP contribution in [0.5, 0.6) is 0 Å². The van der Waals surface area contributed by atoms with Crippen LogP contribution in [0.2, 0.25) is 0 Å². The number of amides is 1. The summed E-state index contributed by atoms with van der Waals surface area (Å²) in [5.74, 6) is 0.182. The van der Waals surface area contributed by atoms with Crippen LogP contribution in [0.1, 0.15) is 29.6 Å². The summed E-state index contributed by atoms with van der Waals surface area (Å²) in [5.41, 5.74) is 3.28. The topological polar surface area (TPSA) is 38.1 Å². The van der Waals surface area contributed by atoms with E-state index in [9.17, 15) is 4.79 Å². The van der Waals surface area contributed by atoms with Crippen molar-refractivity contribution in [3.05, 3.63) is 65.3 Å². The van der Waals surface area contributed by atoms with Gasteiger partial charge in [-0.05, 0) is 49.4 Å². The summed E-state index contributed by atoms with van der Waals surface area (Å²) >= 11 is 1.72. The quantitative estimate of drug-likeness (QED) is 0.510. The van der Waals surface area contributed by atoms with Crippen LogP contribution in [0.4, 0.5) is 0 Å². The Morgan fingerprint density at radius 2 is 2.00 bits per heavy atom. The molecule has 3 heterocycles. The summed E-state index contributed by atoms with van der Waals surface area (Å²) in [7, 11) is 0. The van der Waals surface area contributed by atoms with Crippen LogP contribution < -0.4 is 0 Å². The molecule has 136 valence electrons. The van der Waals surface area contributed by atoms with Gasteiger partial charge in [-0.2, -0.15) is 0 Å². The molecule has 0 radical (unpaired) electrons. The highest BCUT2D eigenvalue weighted by atomic mass is 32.1. The standard InChI is InChI=1S/C22H21N3OS/c1-15-13-16-7-2-4-9-18(16)25(15)14-21(26)24-12-6-10-19(24)22-23-17-8-3-5-11-20(17)27-22/h2-5,7-9,11,13,19H,6,10,12,14H2,1H3/t19-/m1/s1. The zero-order valence-corrected chi connectivity index (χ0v) is 16.1. The Labute approximate surface area is 162 Å². The number of hydrogen-bond acceptors (Lipinski definition) is 3. The number of fused-ring (bicyclic) bond motifs is 2. The zero-order chi connectivity index (χ0) is 18.4. The molecule has 2 aromatic carbocycles. The number of benzene rings is 2. The molecule has 0 unspecified atom stereocenters. The molecule has 2 aromatic heterocycles. The molecular weight excluding hydrogens is 354 g/mol. The molecule has 5 heteroatoms. The van der Waals surface area contributed by atoms with E-state index in [1.165, 1.54) is 10.1 Å². The Kier molecular flexibility index (Phi) is 3.97. The Bertz CT molecular complexity index is 1110. The molecule has 1 amide bonds. The Morgan fingerprint density at radius 3 is 2.89 bits per heavy atom. The van der Waals surface area contributed by atoms with E-state index in [-0.39, 0.29) is 11.9 Å². The van der Waals surface area contributed by atoms with Gasteiger partial charge < -0.3 is 9.47 Å². The number of aryl methyl sites for hydroxylation is 1. The smallest absolute Gasteiger partial charge is 0.243 e. The van der Waals surface area contributed by atoms with Gasteiger partial charge >= 0.3 is 0 Å². The van der Waals surface area contributed by atoms with Crippen molar-refractivity contribution in [1.82, 2.24) is 14.5 Å². The number of hydrogen-bond donors (Lipinski definition) is 0. The number of carbonyl (C=O) groups excluding carboxylic acids is 1. The summed E-state index contributed by atoms with van der Waals surface area (Å²) in [6, 6.07) is 18.7. The lowest BCUT2D eigenvalue weighted by Gasteiger charge is -2.24. The van der Waals surface area contributed by atoms with Crippen molar-refractivity contribution in [3.8, 4) is 0 Å². The van der Waals surface area contributed by atoms with Crippen molar-refractivity contribution in [2.24, 2.45) is 0 Å². The molecule has 1 aliphatic heterocycles. The number of para-hydroxylation sites is 2. The number of nitrogens with zero attached hydrogens (tertiary/aromatic N) is 3. The fourth-order valence-electron chi connectivity index (χ4n) is 4.14. The van der Waals surface area contributed by atoms with E-state index in [0.717, 1.165) is 41.1 Å². The maximum atomic E-state index is 13.2. The first-order valence-corrected chi connectivity index (χ1v) is 10.2. The summed E-state index contributed by atoms with van der Waals surface area (Å²) < 4.78 is 3.32. The summed E-state index contributed by atoms with van der Waals surface area (Å²) in [5, 5.41) is 2.25. The predicted octanol–water partition coefficient (Wildman–Crippen LogP) is 4.92. The molecular formula is C22H21N3OS. The van der Waals surface area contributed by atoms with Crippen LogP contribution in [-0.2, 0) is 11.3 Å². The first-order chi connectivity index (χ1) is 13.2. The zero-order valence-electron chi connectivity index (χ0n) is 15.3. The second-order valence-corrected chi connectivity index (χ2v) is 8.26. The highest BCUT2D eigenvalue weighted by molar-refractivity contribution is 7.18. The third kappa shape index (κ3) is 2.82. The molecule has 1 aliphatic rings. The number of thiazole rings is 1. The third-order valence-electron chi connectivity index (χ3n) is 5.48. The van der Waals surface area contributed by atoms with Crippen LogP contribution in [0, 0.1) is 6.92 Å². The number of aromatic nitrogens is 2. The van der Waals surface area contributed by atoms with Crippen molar-refractivity contribution in [2.75, 3.05) is 6.54 Å². The predicted molar refractivity (Wildman–Crippen MR) is 110 cm³/mol. The van der Waals surface area contributed by atoms with E-state index >= 15 is 0 Å². The Morgan fingerprint density at radius 1 is 1.19 bits per heavy atom. The van der Waals surface area contributed by atoms with Gasteiger partial charge in [-0.25, -0.2) is 4.98 Å². The summed E-state index contributed by atoms with van der Waals surface area (Å²) in [4.78, 5) is 20.0. The van der Waals surface area contributed by atoms with Gasteiger partial charge in [0.1, 0.15) is 11.6 Å². The van der Waals surface area contributed by atoms with E-state index in [1.54, 1.807) is 11.3 Å². The molecule has 0 aliphatic carbocycles.